The summed E-state index contributed by atoms with van der Waals surface area (Å²) in [6.07, 6.45) is 10.9. The molecular weight excluding hydrogens is 226 g/mol. The Morgan fingerprint density at radius 2 is 2.17 bits per heavy atom. The summed E-state index contributed by atoms with van der Waals surface area (Å²) in [5.74, 6) is 0.970. The van der Waals surface area contributed by atoms with Gasteiger partial charge in [0.1, 0.15) is 5.69 Å². The number of hydrogen-bond donors (Lipinski definition) is 0. The van der Waals surface area contributed by atoms with Crippen molar-refractivity contribution in [1.82, 2.24) is 15.0 Å². The number of aromatic nitrogens is 3. The van der Waals surface area contributed by atoms with Crippen LogP contribution in [0.25, 0.3) is 0 Å². The highest BCUT2D eigenvalue weighted by Gasteiger charge is 2.17. The van der Waals surface area contributed by atoms with Crippen LogP contribution in [0.1, 0.15) is 68.8 Å². The molecular formula is C14H23N3O. The summed E-state index contributed by atoms with van der Waals surface area (Å²) >= 11 is 0. The van der Waals surface area contributed by atoms with Crippen LogP contribution in [0.15, 0.2) is 6.20 Å². The second kappa shape index (κ2) is 6.66. The van der Waals surface area contributed by atoms with Crippen molar-refractivity contribution in [1.29, 1.82) is 0 Å². The quantitative estimate of drug-likeness (QED) is 0.727. The first-order chi connectivity index (χ1) is 8.81. The topological polar surface area (TPSA) is 47.8 Å². The van der Waals surface area contributed by atoms with Gasteiger partial charge in [0.15, 0.2) is 5.78 Å². The van der Waals surface area contributed by atoms with E-state index in [1.807, 2.05) is 0 Å². The van der Waals surface area contributed by atoms with Gasteiger partial charge in [-0.2, -0.15) is 0 Å². The summed E-state index contributed by atoms with van der Waals surface area (Å²) < 4.78 is 1.74. The fourth-order valence-corrected chi connectivity index (χ4v) is 2.79. The van der Waals surface area contributed by atoms with Gasteiger partial charge in [-0.15, -0.1) is 5.10 Å². The molecule has 0 unspecified atom stereocenters. The molecule has 0 saturated heterocycles. The average Bonchev–Trinajstić information content (AvgIpc) is 2.86. The van der Waals surface area contributed by atoms with E-state index in [1.165, 1.54) is 32.1 Å². The molecule has 1 aliphatic rings. The van der Waals surface area contributed by atoms with Gasteiger partial charge >= 0.3 is 0 Å². The maximum atomic E-state index is 12.1. The lowest BCUT2D eigenvalue weighted by Gasteiger charge is -2.20. The molecule has 4 heteroatoms. The zero-order valence-corrected chi connectivity index (χ0v) is 11.3. The maximum absolute atomic E-state index is 12.1. The Bertz CT molecular complexity index is 380. The van der Waals surface area contributed by atoms with Gasteiger partial charge in [0.2, 0.25) is 0 Å². The molecule has 1 aromatic heterocycles. The first kappa shape index (κ1) is 13.2. The third-order valence-corrected chi connectivity index (χ3v) is 3.84. The van der Waals surface area contributed by atoms with Crippen LogP contribution in [0.5, 0.6) is 0 Å². The van der Waals surface area contributed by atoms with Crippen LogP contribution in [0, 0.1) is 5.92 Å². The van der Waals surface area contributed by atoms with E-state index in [9.17, 15) is 4.79 Å². The molecule has 1 fully saturated rings. The number of rotatable bonds is 6. The van der Waals surface area contributed by atoms with Crippen LogP contribution in [0.2, 0.25) is 0 Å². The zero-order chi connectivity index (χ0) is 12.8. The second-order valence-corrected chi connectivity index (χ2v) is 5.31. The highest BCUT2D eigenvalue weighted by molar-refractivity contribution is 5.94. The molecule has 0 spiro atoms. The van der Waals surface area contributed by atoms with Crippen LogP contribution in [-0.4, -0.2) is 20.8 Å². The molecule has 4 nitrogen and oxygen atoms in total. The third kappa shape index (κ3) is 3.40. The van der Waals surface area contributed by atoms with E-state index in [-0.39, 0.29) is 5.78 Å². The van der Waals surface area contributed by atoms with Gasteiger partial charge in [-0.05, 0) is 18.8 Å². The Kier molecular flexibility index (Phi) is 4.90. The third-order valence-electron chi connectivity index (χ3n) is 3.84. The number of carbonyl (C=O) groups excluding carboxylic acids is 1. The standard InChI is InChI=1S/C14H23N3O/c1-2-10-17-13(11-15-16-17)14(18)9-8-12-6-4-3-5-7-12/h11-12H,2-10H2,1H3. The Labute approximate surface area is 109 Å². The zero-order valence-electron chi connectivity index (χ0n) is 11.3. The van der Waals surface area contributed by atoms with Crippen LogP contribution in [0.4, 0.5) is 0 Å². The van der Waals surface area contributed by atoms with Crippen LogP contribution in [0.3, 0.4) is 0 Å². The largest absolute Gasteiger partial charge is 0.292 e. The van der Waals surface area contributed by atoms with E-state index >= 15 is 0 Å². The van der Waals surface area contributed by atoms with Gasteiger partial charge in [0.25, 0.3) is 0 Å². The lowest BCUT2D eigenvalue weighted by molar-refractivity contribution is 0.0959. The Hall–Kier alpha value is -1.19. The van der Waals surface area contributed by atoms with Crippen LogP contribution >= 0.6 is 0 Å². The smallest absolute Gasteiger partial charge is 0.182 e. The minimum Gasteiger partial charge on any atom is -0.292 e. The van der Waals surface area contributed by atoms with Gasteiger partial charge < -0.3 is 0 Å². The highest BCUT2D eigenvalue weighted by atomic mass is 16.1. The molecule has 0 radical (unpaired) electrons. The van der Waals surface area contributed by atoms with E-state index < -0.39 is 0 Å². The van der Waals surface area contributed by atoms with E-state index in [1.54, 1.807) is 10.9 Å². The normalized spacial score (nSPS) is 16.9. The van der Waals surface area contributed by atoms with E-state index in [4.69, 9.17) is 0 Å². The molecule has 100 valence electrons. The number of Topliss-reactive ketones (excluding diaryl/α,β-unsaturated/α-hetero) is 1. The Balaban J connectivity index is 1.84. The van der Waals surface area contributed by atoms with Crippen molar-refractivity contribution in [3.63, 3.8) is 0 Å². The average molecular weight is 249 g/mol. The fraction of sp³-hybridized carbons (Fsp3) is 0.786. The molecule has 0 bridgehead atoms. The lowest BCUT2D eigenvalue weighted by atomic mass is 9.85. The van der Waals surface area contributed by atoms with Gasteiger partial charge in [0.05, 0.1) is 6.20 Å². The van der Waals surface area contributed by atoms with Crippen molar-refractivity contribution in [2.24, 2.45) is 5.92 Å². The summed E-state index contributed by atoms with van der Waals surface area (Å²) in [6.45, 7) is 2.86. The van der Waals surface area contributed by atoms with Crippen molar-refractivity contribution < 1.29 is 4.79 Å². The summed E-state index contributed by atoms with van der Waals surface area (Å²) in [5.41, 5.74) is 0.688. The molecule has 0 aromatic carbocycles. The Morgan fingerprint density at radius 1 is 1.39 bits per heavy atom. The summed E-state index contributed by atoms with van der Waals surface area (Å²) in [7, 11) is 0. The second-order valence-electron chi connectivity index (χ2n) is 5.31. The van der Waals surface area contributed by atoms with Gasteiger partial charge in [-0.3, -0.25) is 4.79 Å². The maximum Gasteiger partial charge on any atom is 0.182 e. The lowest BCUT2D eigenvalue weighted by Crippen LogP contribution is -2.13. The van der Waals surface area contributed by atoms with E-state index in [0.29, 0.717) is 12.1 Å². The predicted octanol–water partition coefficient (Wildman–Crippen LogP) is 3.23. The first-order valence-electron chi connectivity index (χ1n) is 7.23. The first-order valence-corrected chi connectivity index (χ1v) is 7.23. The van der Waals surface area contributed by atoms with E-state index in [2.05, 4.69) is 17.2 Å². The molecule has 18 heavy (non-hydrogen) atoms. The van der Waals surface area contributed by atoms with Crippen LogP contribution in [-0.2, 0) is 6.54 Å². The Morgan fingerprint density at radius 3 is 2.89 bits per heavy atom. The molecule has 0 aliphatic heterocycles. The molecule has 1 aromatic rings. The molecule has 2 rings (SSSR count). The summed E-state index contributed by atoms with van der Waals surface area (Å²) in [4.78, 5) is 12.1. The van der Waals surface area contributed by atoms with Gasteiger partial charge in [-0.1, -0.05) is 44.2 Å². The van der Waals surface area contributed by atoms with Crippen LogP contribution < -0.4 is 0 Å². The number of nitrogens with zero attached hydrogens (tertiary/aromatic N) is 3. The molecule has 1 saturated carbocycles. The highest BCUT2D eigenvalue weighted by Crippen LogP contribution is 2.27. The molecule has 0 atom stereocenters. The fourth-order valence-electron chi connectivity index (χ4n) is 2.79. The van der Waals surface area contributed by atoms with Crippen molar-refractivity contribution in [2.75, 3.05) is 0 Å². The van der Waals surface area contributed by atoms with Crippen molar-refractivity contribution in [2.45, 2.75) is 64.8 Å². The monoisotopic (exact) mass is 249 g/mol. The van der Waals surface area contributed by atoms with Crippen molar-refractivity contribution >= 4 is 5.78 Å². The minimum absolute atomic E-state index is 0.207. The van der Waals surface area contributed by atoms with E-state index in [0.717, 1.165) is 25.3 Å². The van der Waals surface area contributed by atoms with Gasteiger partial charge in [0, 0.05) is 13.0 Å². The number of carbonyl (C=O) groups is 1. The molecule has 1 aliphatic carbocycles. The number of ketones is 1. The molecule has 1 heterocycles. The SMILES string of the molecule is CCCn1nncc1C(=O)CCC1CCCCC1. The van der Waals surface area contributed by atoms with Crippen molar-refractivity contribution in [3.05, 3.63) is 11.9 Å². The number of aryl methyl sites for hydroxylation is 1. The molecule has 0 amide bonds. The van der Waals surface area contributed by atoms with Gasteiger partial charge in [-0.25, -0.2) is 4.68 Å². The summed E-state index contributed by atoms with van der Waals surface area (Å²) in [5, 5.41) is 7.82. The predicted molar refractivity (Wildman–Crippen MR) is 70.5 cm³/mol. The van der Waals surface area contributed by atoms with Crippen molar-refractivity contribution in [3.8, 4) is 0 Å². The summed E-state index contributed by atoms with van der Waals surface area (Å²) in [6, 6.07) is 0. The minimum atomic E-state index is 0.207. The number of hydrogen-bond acceptors (Lipinski definition) is 3. The molecule has 0 N–H and O–H groups in total.